The van der Waals surface area contributed by atoms with Crippen molar-refractivity contribution in [1.82, 2.24) is 9.88 Å². The number of pyridine rings is 1. The molecule has 1 atom stereocenters. The van der Waals surface area contributed by atoms with Gasteiger partial charge in [-0.1, -0.05) is 37.5 Å². The standard InChI is InChI=1S/C26H32N4O2/c1-17(22-9-12-32-13-10-22)14-19(3)26(16-24(31)30(6)25(27)29-26)20(4)15-18(2)23-8-7-11-28-21(23)5/h7-9,11,14-15H,2-3,10,12-13,16H2,1,4-6H3,(H2,27,29)/b17-14+,20-15+/t26-/m1/s1. The lowest BCUT2D eigenvalue weighted by Crippen LogP contribution is -2.50. The Bertz CT molecular complexity index is 1080. The van der Waals surface area contributed by atoms with Crippen molar-refractivity contribution in [2.24, 2.45) is 10.7 Å². The lowest BCUT2D eigenvalue weighted by molar-refractivity contribution is -0.127. The maximum Gasteiger partial charge on any atom is 0.232 e. The van der Waals surface area contributed by atoms with Crippen LogP contribution in [0.2, 0.25) is 0 Å². The number of aliphatic imine (C=N–C) groups is 1. The molecule has 2 aliphatic heterocycles. The van der Waals surface area contributed by atoms with E-state index in [9.17, 15) is 4.79 Å². The first-order valence-electron chi connectivity index (χ1n) is 10.7. The zero-order valence-electron chi connectivity index (χ0n) is 19.4. The van der Waals surface area contributed by atoms with Crippen molar-refractivity contribution in [2.45, 2.75) is 39.2 Å². The molecule has 2 N–H and O–H groups in total. The Hall–Kier alpha value is -3.25. The lowest BCUT2D eigenvalue weighted by atomic mass is 9.77. The normalized spacial score (nSPS) is 22.4. The monoisotopic (exact) mass is 432 g/mol. The number of nitrogens with two attached hydrogens (primary N) is 1. The fourth-order valence-electron chi connectivity index (χ4n) is 4.08. The highest BCUT2D eigenvalue weighted by atomic mass is 16.5. The second kappa shape index (κ2) is 9.49. The highest BCUT2D eigenvalue weighted by molar-refractivity contribution is 6.00. The van der Waals surface area contributed by atoms with E-state index in [0.717, 1.165) is 40.0 Å². The summed E-state index contributed by atoms with van der Waals surface area (Å²) in [5.74, 6) is 0.0700. The van der Waals surface area contributed by atoms with Gasteiger partial charge < -0.3 is 10.5 Å². The molecule has 3 heterocycles. The zero-order valence-corrected chi connectivity index (χ0v) is 19.4. The zero-order chi connectivity index (χ0) is 23.5. The minimum Gasteiger partial charge on any atom is -0.377 e. The molecule has 0 aliphatic carbocycles. The predicted octanol–water partition coefficient (Wildman–Crippen LogP) is 4.11. The van der Waals surface area contributed by atoms with Crippen LogP contribution in [0.25, 0.3) is 5.57 Å². The van der Waals surface area contributed by atoms with Crippen LogP contribution in [0.4, 0.5) is 0 Å². The van der Waals surface area contributed by atoms with Crippen LogP contribution in [0, 0.1) is 6.92 Å². The number of aromatic nitrogens is 1. The maximum absolute atomic E-state index is 12.8. The Morgan fingerprint density at radius 2 is 2.06 bits per heavy atom. The van der Waals surface area contributed by atoms with E-state index in [2.05, 4.69) is 31.1 Å². The number of hydrogen-bond donors (Lipinski definition) is 1. The lowest BCUT2D eigenvalue weighted by Gasteiger charge is -2.38. The van der Waals surface area contributed by atoms with Gasteiger partial charge in [-0.3, -0.25) is 14.7 Å². The smallest absolute Gasteiger partial charge is 0.232 e. The van der Waals surface area contributed by atoms with Gasteiger partial charge in [0.1, 0.15) is 5.54 Å². The van der Waals surface area contributed by atoms with Crippen LogP contribution in [-0.4, -0.2) is 47.6 Å². The van der Waals surface area contributed by atoms with Crippen LogP contribution in [0.5, 0.6) is 0 Å². The number of allylic oxidation sites excluding steroid dienone is 3. The van der Waals surface area contributed by atoms with Gasteiger partial charge in [0, 0.05) is 24.5 Å². The first-order chi connectivity index (χ1) is 15.2. The Morgan fingerprint density at radius 3 is 2.69 bits per heavy atom. The summed E-state index contributed by atoms with van der Waals surface area (Å²) >= 11 is 0. The van der Waals surface area contributed by atoms with E-state index >= 15 is 0 Å². The summed E-state index contributed by atoms with van der Waals surface area (Å²) in [6.07, 6.45) is 8.81. The molecule has 1 amide bonds. The second-order valence-electron chi connectivity index (χ2n) is 8.36. The molecule has 0 unspecified atom stereocenters. The molecule has 1 aromatic rings. The number of carbonyl (C=O) groups is 1. The van der Waals surface area contributed by atoms with Crippen molar-refractivity contribution in [2.75, 3.05) is 20.3 Å². The van der Waals surface area contributed by atoms with Crippen LogP contribution in [-0.2, 0) is 9.53 Å². The third kappa shape index (κ3) is 4.65. The number of nitrogens with zero attached hydrogens (tertiary/aromatic N) is 3. The van der Waals surface area contributed by atoms with E-state index in [1.165, 1.54) is 10.5 Å². The molecule has 6 nitrogen and oxygen atoms in total. The molecule has 0 fully saturated rings. The number of ether oxygens (including phenoxy) is 1. The highest BCUT2D eigenvalue weighted by Crippen LogP contribution is 2.39. The van der Waals surface area contributed by atoms with Gasteiger partial charge in [0.05, 0.1) is 19.6 Å². The largest absolute Gasteiger partial charge is 0.377 e. The third-order valence-electron chi connectivity index (χ3n) is 6.22. The molecule has 0 radical (unpaired) electrons. The number of carbonyl (C=O) groups excluding carboxylic acids is 1. The van der Waals surface area contributed by atoms with Crippen LogP contribution in [0.3, 0.4) is 0 Å². The Morgan fingerprint density at radius 1 is 1.31 bits per heavy atom. The minimum atomic E-state index is -0.973. The van der Waals surface area contributed by atoms with E-state index in [-0.39, 0.29) is 18.3 Å². The van der Waals surface area contributed by atoms with E-state index < -0.39 is 5.54 Å². The summed E-state index contributed by atoms with van der Waals surface area (Å²) in [6.45, 7) is 15.8. The average molecular weight is 433 g/mol. The second-order valence-corrected chi connectivity index (χ2v) is 8.36. The topological polar surface area (TPSA) is 80.8 Å². The molecule has 0 saturated carbocycles. The van der Waals surface area contributed by atoms with Crippen LogP contribution < -0.4 is 5.73 Å². The van der Waals surface area contributed by atoms with E-state index in [4.69, 9.17) is 15.5 Å². The van der Waals surface area contributed by atoms with E-state index in [0.29, 0.717) is 13.2 Å². The fraction of sp³-hybridized carbons (Fsp3) is 0.346. The first-order valence-corrected chi connectivity index (χ1v) is 10.7. The summed E-state index contributed by atoms with van der Waals surface area (Å²) in [5.41, 5.74) is 11.7. The quantitative estimate of drug-likeness (QED) is 0.686. The highest BCUT2D eigenvalue weighted by Gasteiger charge is 2.42. The summed E-state index contributed by atoms with van der Waals surface area (Å²) in [7, 11) is 1.64. The summed E-state index contributed by atoms with van der Waals surface area (Å²) in [4.78, 5) is 23.4. The Balaban J connectivity index is 2.07. The average Bonchev–Trinajstić information content (AvgIpc) is 2.77. The van der Waals surface area contributed by atoms with Crippen LogP contribution in [0.1, 0.15) is 37.9 Å². The summed E-state index contributed by atoms with van der Waals surface area (Å²) in [6, 6.07) is 3.86. The van der Waals surface area contributed by atoms with Crippen molar-refractivity contribution in [3.63, 3.8) is 0 Å². The van der Waals surface area contributed by atoms with Gasteiger partial charge in [-0.25, -0.2) is 4.99 Å². The maximum atomic E-state index is 12.8. The number of rotatable bonds is 6. The van der Waals surface area contributed by atoms with Gasteiger partial charge in [0.2, 0.25) is 5.91 Å². The molecular weight excluding hydrogens is 400 g/mol. The minimum absolute atomic E-state index is 0.106. The number of aryl methyl sites for hydroxylation is 1. The number of guanidine groups is 1. The number of hydrogen-bond acceptors (Lipinski definition) is 5. The van der Waals surface area contributed by atoms with Crippen molar-refractivity contribution >= 4 is 17.4 Å². The molecule has 1 aromatic heterocycles. The molecule has 6 heteroatoms. The summed E-state index contributed by atoms with van der Waals surface area (Å²) in [5, 5.41) is 0. The third-order valence-corrected chi connectivity index (χ3v) is 6.22. The molecule has 32 heavy (non-hydrogen) atoms. The van der Waals surface area contributed by atoms with Gasteiger partial charge >= 0.3 is 0 Å². The van der Waals surface area contributed by atoms with Crippen molar-refractivity contribution < 1.29 is 9.53 Å². The molecule has 0 saturated heterocycles. The van der Waals surface area contributed by atoms with Crippen molar-refractivity contribution in [3.05, 3.63) is 83.3 Å². The van der Waals surface area contributed by atoms with Crippen molar-refractivity contribution in [1.29, 1.82) is 0 Å². The van der Waals surface area contributed by atoms with Gasteiger partial charge in [-0.05, 0) is 61.1 Å². The molecule has 0 spiro atoms. The van der Waals surface area contributed by atoms with Crippen molar-refractivity contribution in [3.8, 4) is 0 Å². The Kier molecular flexibility index (Phi) is 6.94. The molecule has 2 aliphatic rings. The van der Waals surface area contributed by atoms with Gasteiger partial charge in [0.25, 0.3) is 0 Å². The predicted molar refractivity (Wildman–Crippen MR) is 130 cm³/mol. The van der Waals surface area contributed by atoms with E-state index in [1.807, 2.05) is 38.1 Å². The molecule has 168 valence electrons. The Labute approximate surface area is 190 Å². The number of amides is 1. The van der Waals surface area contributed by atoms with Crippen LogP contribution in [0.15, 0.2) is 77.0 Å². The molecular formula is C26H32N4O2. The van der Waals surface area contributed by atoms with E-state index in [1.54, 1.807) is 13.2 Å². The van der Waals surface area contributed by atoms with Gasteiger partial charge in [-0.15, -0.1) is 0 Å². The van der Waals surface area contributed by atoms with Crippen LogP contribution >= 0.6 is 0 Å². The van der Waals surface area contributed by atoms with Gasteiger partial charge in [-0.2, -0.15) is 0 Å². The molecule has 0 bridgehead atoms. The summed E-state index contributed by atoms with van der Waals surface area (Å²) < 4.78 is 5.43. The van der Waals surface area contributed by atoms with Gasteiger partial charge in [0.15, 0.2) is 5.96 Å². The SMILES string of the molecule is C=C(/C=C(\C)[C@]1(C(=C)/C=C(\C)C2=CCOCC2)CC(=O)N(C)C(N)=N1)c1cccnc1C. The molecule has 3 rings (SSSR count). The fourth-order valence-corrected chi connectivity index (χ4v) is 4.08. The molecule has 0 aromatic carbocycles. The first kappa shape index (κ1) is 23.4.